The summed E-state index contributed by atoms with van der Waals surface area (Å²) in [5.41, 5.74) is 1.97. The van der Waals surface area contributed by atoms with E-state index in [1.54, 1.807) is 0 Å². The van der Waals surface area contributed by atoms with Crippen LogP contribution in [-0.2, 0) is 4.79 Å². The number of nitrogens with one attached hydrogen (secondary N) is 1. The number of carbonyl (C=O) groups excluding carboxylic acids is 1. The van der Waals surface area contributed by atoms with Gasteiger partial charge in [-0.15, -0.1) is 0 Å². The zero-order valence-electron chi connectivity index (χ0n) is 12.0. The summed E-state index contributed by atoms with van der Waals surface area (Å²) in [4.78, 5) is 13.7. The lowest BCUT2D eigenvalue weighted by Crippen LogP contribution is -2.35. The Morgan fingerprint density at radius 1 is 1.05 bits per heavy atom. The van der Waals surface area contributed by atoms with Crippen molar-refractivity contribution in [1.82, 2.24) is 5.32 Å². The number of nitrogens with zero attached hydrogens (tertiary/aromatic N) is 1. The topological polar surface area (TPSA) is 32.3 Å². The lowest BCUT2D eigenvalue weighted by atomic mass is 10.2. The maximum Gasteiger partial charge on any atom is 0.240 e. The van der Waals surface area contributed by atoms with Gasteiger partial charge < -0.3 is 10.2 Å². The van der Waals surface area contributed by atoms with Gasteiger partial charge in [0, 0.05) is 18.3 Å². The Morgan fingerprint density at radius 2 is 1.67 bits per heavy atom. The lowest BCUT2D eigenvalue weighted by molar-refractivity contribution is -0.119. The molecule has 0 saturated carbocycles. The largest absolute Gasteiger partial charge is 0.365 e. The van der Waals surface area contributed by atoms with Crippen LogP contribution >= 0.6 is 0 Å². The van der Waals surface area contributed by atoms with Gasteiger partial charge in [-0.05, 0) is 24.3 Å². The van der Waals surface area contributed by atoms with E-state index in [2.05, 4.69) is 17.2 Å². The van der Waals surface area contributed by atoms with Crippen LogP contribution in [0.4, 0.5) is 5.69 Å². The van der Waals surface area contributed by atoms with E-state index >= 15 is 0 Å². The number of amides is 1. The van der Waals surface area contributed by atoms with Crippen LogP contribution in [0.3, 0.4) is 0 Å². The van der Waals surface area contributed by atoms with Crippen molar-refractivity contribution in [2.45, 2.75) is 0 Å². The first-order valence-electron chi connectivity index (χ1n) is 6.82. The van der Waals surface area contributed by atoms with Crippen LogP contribution in [-0.4, -0.2) is 26.0 Å². The van der Waals surface area contributed by atoms with Crippen molar-refractivity contribution in [2.75, 3.05) is 25.0 Å². The maximum atomic E-state index is 11.8. The van der Waals surface area contributed by atoms with E-state index in [4.69, 9.17) is 0 Å². The molecule has 0 radical (unpaired) electrons. The van der Waals surface area contributed by atoms with Gasteiger partial charge >= 0.3 is 0 Å². The minimum atomic E-state index is -0.0382. The molecular formula is C18H18N2O. The van der Waals surface area contributed by atoms with Gasteiger partial charge in [0.1, 0.15) is 0 Å². The molecule has 0 aromatic heterocycles. The lowest BCUT2D eigenvalue weighted by Gasteiger charge is -2.18. The third kappa shape index (κ3) is 5.04. The minimum Gasteiger partial charge on any atom is -0.365 e. The van der Waals surface area contributed by atoms with E-state index < -0.39 is 0 Å². The molecule has 3 nitrogen and oxygen atoms in total. The molecule has 106 valence electrons. The quantitative estimate of drug-likeness (QED) is 0.870. The van der Waals surface area contributed by atoms with Crippen molar-refractivity contribution >= 4 is 11.6 Å². The molecule has 0 heterocycles. The smallest absolute Gasteiger partial charge is 0.240 e. The zero-order chi connectivity index (χ0) is 14.9. The van der Waals surface area contributed by atoms with Crippen LogP contribution in [0.5, 0.6) is 0 Å². The molecule has 0 atom stereocenters. The van der Waals surface area contributed by atoms with Crippen molar-refractivity contribution in [3.63, 3.8) is 0 Å². The van der Waals surface area contributed by atoms with E-state index in [1.165, 1.54) is 0 Å². The second-order valence-corrected chi connectivity index (χ2v) is 4.64. The average molecular weight is 278 g/mol. The third-order valence-electron chi connectivity index (χ3n) is 2.96. The Kier molecular flexibility index (Phi) is 5.42. The molecule has 1 amide bonds. The van der Waals surface area contributed by atoms with E-state index in [0.29, 0.717) is 13.1 Å². The summed E-state index contributed by atoms with van der Waals surface area (Å²) < 4.78 is 0. The Bertz CT molecular complexity index is 627. The van der Waals surface area contributed by atoms with Crippen molar-refractivity contribution in [2.24, 2.45) is 0 Å². The summed E-state index contributed by atoms with van der Waals surface area (Å²) in [6.45, 7) is 0.674. The van der Waals surface area contributed by atoms with Crippen LogP contribution in [0.15, 0.2) is 60.7 Å². The summed E-state index contributed by atoms with van der Waals surface area (Å²) in [5, 5.41) is 2.80. The highest BCUT2D eigenvalue weighted by Gasteiger charge is 2.05. The number of anilines is 1. The van der Waals surface area contributed by atoms with Crippen LogP contribution in [0.2, 0.25) is 0 Å². The van der Waals surface area contributed by atoms with Gasteiger partial charge in [-0.1, -0.05) is 48.2 Å². The molecular weight excluding hydrogens is 260 g/mol. The number of benzene rings is 2. The van der Waals surface area contributed by atoms with Crippen molar-refractivity contribution in [3.8, 4) is 11.8 Å². The highest BCUT2D eigenvalue weighted by atomic mass is 16.2. The van der Waals surface area contributed by atoms with E-state index in [-0.39, 0.29) is 5.91 Å². The Labute approximate surface area is 125 Å². The van der Waals surface area contributed by atoms with Gasteiger partial charge in [0.25, 0.3) is 0 Å². The predicted molar refractivity (Wildman–Crippen MR) is 86.0 cm³/mol. The molecule has 2 rings (SSSR count). The number of carbonyl (C=O) groups is 1. The van der Waals surface area contributed by atoms with Crippen LogP contribution in [0.25, 0.3) is 0 Å². The molecule has 0 fully saturated rings. The molecule has 0 aliphatic heterocycles. The molecule has 0 spiro atoms. The highest BCUT2D eigenvalue weighted by Crippen LogP contribution is 2.09. The summed E-state index contributed by atoms with van der Waals surface area (Å²) in [6.07, 6.45) is 0. The van der Waals surface area contributed by atoms with E-state index in [9.17, 15) is 4.79 Å². The average Bonchev–Trinajstić information content (AvgIpc) is 2.53. The SMILES string of the molecule is CN(CC(=O)NCC#Cc1ccccc1)c1ccccc1. The normalized spacial score (nSPS) is 9.38. The first-order chi connectivity index (χ1) is 10.3. The zero-order valence-corrected chi connectivity index (χ0v) is 12.0. The summed E-state index contributed by atoms with van der Waals surface area (Å²) in [6, 6.07) is 19.5. The van der Waals surface area contributed by atoms with Gasteiger partial charge in [0.05, 0.1) is 13.1 Å². The molecule has 21 heavy (non-hydrogen) atoms. The fourth-order valence-corrected chi connectivity index (χ4v) is 1.86. The number of likely N-dealkylation sites (N-methyl/N-ethyl adjacent to an activating group) is 1. The molecule has 0 bridgehead atoms. The molecule has 3 heteroatoms. The molecule has 0 unspecified atom stereocenters. The van der Waals surface area contributed by atoms with Gasteiger partial charge in [0.15, 0.2) is 0 Å². The van der Waals surface area contributed by atoms with Gasteiger partial charge in [-0.25, -0.2) is 0 Å². The number of para-hydroxylation sites is 1. The minimum absolute atomic E-state index is 0.0382. The van der Waals surface area contributed by atoms with Gasteiger partial charge in [-0.3, -0.25) is 4.79 Å². The Balaban J connectivity index is 1.77. The number of hydrogen-bond acceptors (Lipinski definition) is 2. The summed E-state index contributed by atoms with van der Waals surface area (Å²) >= 11 is 0. The first-order valence-corrected chi connectivity index (χ1v) is 6.82. The number of rotatable bonds is 4. The summed E-state index contributed by atoms with van der Waals surface area (Å²) in [5.74, 6) is 5.91. The molecule has 1 N–H and O–H groups in total. The Hall–Kier alpha value is -2.73. The predicted octanol–water partition coefficient (Wildman–Crippen LogP) is 2.29. The van der Waals surface area contributed by atoms with Crippen molar-refractivity contribution < 1.29 is 4.79 Å². The van der Waals surface area contributed by atoms with Crippen molar-refractivity contribution in [1.29, 1.82) is 0 Å². The van der Waals surface area contributed by atoms with E-state index in [1.807, 2.05) is 72.6 Å². The van der Waals surface area contributed by atoms with Gasteiger partial charge in [-0.2, -0.15) is 0 Å². The number of hydrogen-bond donors (Lipinski definition) is 1. The van der Waals surface area contributed by atoms with Crippen LogP contribution in [0, 0.1) is 11.8 Å². The molecule has 0 aliphatic carbocycles. The molecule has 2 aromatic rings. The highest BCUT2D eigenvalue weighted by molar-refractivity contribution is 5.81. The molecule has 0 aliphatic rings. The molecule has 0 saturated heterocycles. The first kappa shape index (κ1) is 14.7. The molecule has 2 aromatic carbocycles. The van der Waals surface area contributed by atoms with Crippen molar-refractivity contribution in [3.05, 3.63) is 66.2 Å². The van der Waals surface area contributed by atoms with Crippen LogP contribution in [0.1, 0.15) is 5.56 Å². The second kappa shape index (κ2) is 7.76. The third-order valence-corrected chi connectivity index (χ3v) is 2.96. The monoisotopic (exact) mass is 278 g/mol. The van der Waals surface area contributed by atoms with E-state index in [0.717, 1.165) is 11.3 Å². The second-order valence-electron chi connectivity index (χ2n) is 4.64. The van der Waals surface area contributed by atoms with Gasteiger partial charge in [0.2, 0.25) is 5.91 Å². The maximum absolute atomic E-state index is 11.8. The summed E-state index contributed by atoms with van der Waals surface area (Å²) in [7, 11) is 1.89. The fourth-order valence-electron chi connectivity index (χ4n) is 1.86. The fraction of sp³-hybridized carbons (Fsp3) is 0.167. The Morgan fingerprint density at radius 3 is 2.33 bits per heavy atom. The van der Waals surface area contributed by atoms with Crippen LogP contribution < -0.4 is 10.2 Å². The standard InChI is InChI=1S/C18H18N2O/c1-20(17-12-6-3-7-13-17)15-18(21)19-14-8-11-16-9-4-2-5-10-16/h2-7,9-10,12-13H,14-15H2,1H3,(H,19,21).